The summed E-state index contributed by atoms with van der Waals surface area (Å²) in [5.74, 6) is 1.39. The Morgan fingerprint density at radius 2 is 1.35 bits per heavy atom. The average Bonchev–Trinajstić information content (AvgIpc) is 3.92. The second kappa shape index (κ2) is 19.0. The van der Waals surface area contributed by atoms with Gasteiger partial charge in [-0.05, 0) is 98.6 Å². The number of aromatic nitrogens is 3. The predicted molar refractivity (Wildman–Crippen MR) is 268 cm³/mol. The molecule has 0 saturated heterocycles. The number of furan rings is 1. The maximum atomic E-state index is 8.25. The predicted octanol–water partition coefficient (Wildman–Crippen LogP) is 16.4. The van der Waals surface area contributed by atoms with Crippen LogP contribution in [-0.2, 0) is 26.5 Å². The summed E-state index contributed by atoms with van der Waals surface area (Å²) in [6, 6.07) is 59.6. The van der Waals surface area contributed by atoms with Crippen molar-refractivity contribution in [2.45, 2.75) is 73.5 Å². The van der Waals surface area contributed by atoms with Crippen molar-refractivity contribution in [3.8, 4) is 50.6 Å². The summed E-state index contributed by atoms with van der Waals surface area (Å²) in [5.41, 5.74) is 14.8. The second-order valence-electron chi connectivity index (χ2n) is 18.0. The van der Waals surface area contributed by atoms with Crippen molar-refractivity contribution in [3.05, 3.63) is 198 Å². The molecule has 0 unspecified atom stereocenters. The van der Waals surface area contributed by atoms with Gasteiger partial charge in [0.15, 0.2) is 0 Å². The van der Waals surface area contributed by atoms with Gasteiger partial charge in [-0.25, -0.2) is 0 Å². The zero-order chi connectivity index (χ0) is 48.8. The van der Waals surface area contributed by atoms with E-state index >= 15 is 0 Å². The van der Waals surface area contributed by atoms with E-state index in [0.29, 0.717) is 16.8 Å². The van der Waals surface area contributed by atoms with Gasteiger partial charge in [-0.1, -0.05) is 163 Å². The number of nitrogens with zero attached hydrogens (tertiary/aromatic N) is 3. The second-order valence-corrected chi connectivity index (χ2v) is 18.0. The van der Waals surface area contributed by atoms with Crippen molar-refractivity contribution in [1.82, 2.24) is 14.5 Å². The number of aryl methyl sites for hydroxylation is 1. The molecule has 4 nitrogen and oxygen atoms in total. The summed E-state index contributed by atoms with van der Waals surface area (Å²) in [4.78, 5) is 9.58. The van der Waals surface area contributed by atoms with Crippen LogP contribution in [0.5, 0.6) is 0 Å². The minimum absolute atomic E-state index is 0. The van der Waals surface area contributed by atoms with Crippen LogP contribution in [-0.4, -0.2) is 14.5 Å². The molecule has 65 heavy (non-hydrogen) atoms. The molecular weight excluding hydrogens is 971 g/mol. The molecule has 0 amide bonds. The summed E-state index contributed by atoms with van der Waals surface area (Å²) in [7, 11) is 0. The normalized spacial score (nSPS) is 13.2. The van der Waals surface area contributed by atoms with Gasteiger partial charge >= 0.3 is 0 Å². The summed E-state index contributed by atoms with van der Waals surface area (Å²) < 4.78 is 47.4. The van der Waals surface area contributed by atoms with E-state index in [1.54, 1.807) is 24.3 Å². The van der Waals surface area contributed by atoms with Gasteiger partial charge in [0.05, 0.1) is 22.4 Å². The first-order chi connectivity index (χ1) is 32.9. The number of fused-ring (bicyclic) bond motifs is 4. The Labute approximate surface area is 404 Å². The largest absolute Gasteiger partial charge is 0.501 e. The third kappa shape index (κ3) is 9.55. The number of para-hydroxylation sites is 3. The smallest absolute Gasteiger partial charge is 0.120 e. The van der Waals surface area contributed by atoms with E-state index in [2.05, 4.69) is 159 Å². The monoisotopic (exact) mass is 1030 g/mol. The molecule has 0 saturated carbocycles. The molecule has 10 rings (SSSR count). The van der Waals surface area contributed by atoms with Crippen LogP contribution in [0, 0.1) is 24.4 Å². The number of hydrogen-bond donors (Lipinski definition) is 0. The van der Waals surface area contributed by atoms with Gasteiger partial charge in [0.25, 0.3) is 0 Å². The third-order valence-electron chi connectivity index (χ3n) is 11.5. The van der Waals surface area contributed by atoms with Crippen LogP contribution in [0.1, 0.15) is 89.4 Å². The molecule has 10 aromatic rings. The first-order valence-corrected chi connectivity index (χ1v) is 22.0. The Bertz CT molecular complexity index is 3390. The fraction of sp³-hybridized carbons (Fsp3) is 0.200. The van der Waals surface area contributed by atoms with Crippen molar-refractivity contribution >= 4 is 33.0 Å². The molecule has 0 spiro atoms. The average molecular weight is 1030 g/mol. The third-order valence-corrected chi connectivity index (χ3v) is 11.5. The molecule has 0 aliphatic heterocycles. The maximum Gasteiger partial charge on any atom is 0.120 e. The van der Waals surface area contributed by atoms with Crippen molar-refractivity contribution in [2.75, 3.05) is 0 Å². The van der Waals surface area contributed by atoms with Crippen molar-refractivity contribution in [1.29, 1.82) is 0 Å². The van der Waals surface area contributed by atoms with Crippen LogP contribution < -0.4 is 0 Å². The Balaban J connectivity index is 0.000000233. The molecule has 3 heterocycles. The minimum Gasteiger partial charge on any atom is -0.501 e. The van der Waals surface area contributed by atoms with E-state index in [1.165, 1.54) is 51.3 Å². The van der Waals surface area contributed by atoms with Crippen LogP contribution in [0.15, 0.2) is 168 Å². The van der Waals surface area contributed by atoms with E-state index in [-0.39, 0.29) is 37.5 Å². The number of hydrogen-bond acceptors (Lipinski definition) is 3. The van der Waals surface area contributed by atoms with Gasteiger partial charge in [-0.3, -0.25) is 4.98 Å². The SMILES string of the molecule is CC(C)c1cc(-c2ccc(-c3ccccc3)cc2)cc(C(C)C)c1-n1c(-c2[c-]ccc3c2oc2ccccc23)nc2ccccc21.[2H]C([2H])([2H])c1c[c-]c(-c2ccc(C([2H])([2H])C(C)(C)C)cn2)cc1.[Ir]. The van der Waals surface area contributed by atoms with Gasteiger partial charge in [0.1, 0.15) is 5.58 Å². The molecule has 1 radical (unpaired) electrons. The number of benzene rings is 7. The summed E-state index contributed by atoms with van der Waals surface area (Å²) in [6.07, 6.45) is 0.0411. The number of rotatable bonds is 8. The maximum absolute atomic E-state index is 8.25. The fourth-order valence-electron chi connectivity index (χ4n) is 8.39. The molecular formula is C60H55IrN3O-2. The number of imidazole rings is 1. The first-order valence-electron chi connectivity index (χ1n) is 24.5. The molecule has 7 aromatic carbocycles. The standard InChI is InChI=1S/C43H35N2O.C17H20N.Ir/c1-27(2)36-25-32(31-23-21-30(22-24-31)29-13-6-5-7-14-29)26-37(28(3)4)41(36)45-39-19-10-9-18-38(39)44-43(45)35-17-12-16-34-33-15-8-11-20-40(33)46-42(34)35;1-13-5-8-15(9-6-13)16-10-7-14(12-18-16)11-17(2,3)4;/h5-16,18-28H,1-4H3;5-8,10,12H,11H2,1-4H3;/q2*-1;/i;1D3,11D2;. The minimum atomic E-state index is -2.14. The van der Waals surface area contributed by atoms with Crippen LogP contribution in [0.3, 0.4) is 0 Å². The van der Waals surface area contributed by atoms with Crippen molar-refractivity contribution in [3.63, 3.8) is 0 Å². The molecule has 0 aliphatic carbocycles. The Morgan fingerprint density at radius 3 is 2.00 bits per heavy atom. The Kier molecular flexibility index (Phi) is 11.4. The summed E-state index contributed by atoms with van der Waals surface area (Å²) in [5, 5.41) is 2.18. The van der Waals surface area contributed by atoms with Crippen LogP contribution >= 0.6 is 0 Å². The van der Waals surface area contributed by atoms with E-state index in [1.807, 2.05) is 39.0 Å². The van der Waals surface area contributed by atoms with Crippen molar-refractivity contribution in [2.24, 2.45) is 5.41 Å². The molecule has 5 heteroatoms. The van der Waals surface area contributed by atoms with Gasteiger partial charge in [0, 0.05) is 44.2 Å². The quantitative estimate of drug-likeness (QED) is 0.142. The van der Waals surface area contributed by atoms with Crippen LogP contribution in [0.4, 0.5) is 0 Å². The summed E-state index contributed by atoms with van der Waals surface area (Å²) >= 11 is 0. The van der Waals surface area contributed by atoms with Gasteiger partial charge < -0.3 is 14.0 Å². The zero-order valence-corrected chi connectivity index (χ0v) is 40.2. The zero-order valence-electron chi connectivity index (χ0n) is 42.8. The van der Waals surface area contributed by atoms with E-state index < -0.39 is 18.6 Å². The molecule has 0 atom stereocenters. The van der Waals surface area contributed by atoms with E-state index in [0.717, 1.165) is 44.4 Å². The van der Waals surface area contributed by atoms with Crippen LogP contribution in [0.2, 0.25) is 0 Å². The van der Waals surface area contributed by atoms with E-state index in [4.69, 9.17) is 16.3 Å². The van der Waals surface area contributed by atoms with Crippen molar-refractivity contribution < 1.29 is 31.4 Å². The topological polar surface area (TPSA) is 43.9 Å². The van der Waals surface area contributed by atoms with E-state index in [9.17, 15) is 0 Å². The van der Waals surface area contributed by atoms with Gasteiger partial charge in [-0.2, -0.15) is 0 Å². The molecule has 0 fully saturated rings. The molecule has 3 aromatic heterocycles. The fourth-order valence-corrected chi connectivity index (χ4v) is 8.39. The molecule has 0 N–H and O–H groups in total. The number of pyridine rings is 1. The Morgan fingerprint density at radius 1 is 0.692 bits per heavy atom. The molecule has 327 valence electrons. The van der Waals surface area contributed by atoms with Gasteiger partial charge in [-0.15, -0.1) is 53.6 Å². The first kappa shape index (κ1) is 39.0. The summed E-state index contributed by atoms with van der Waals surface area (Å²) in [6.45, 7) is 12.6. The van der Waals surface area contributed by atoms with Gasteiger partial charge in [0.2, 0.25) is 0 Å². The molecule has 0 bridgehead atoms. The Hall–Kier alpha value is -6.39. The van der Waals surface area contributed by atoms with Crippen LogP contribution in [0.25, 0.3) is 83.6 Å². The molecule has 0 aliphatic rings.